The van der Waals surface area contributed by atoms with E-state index in [1.165, 1.54) is 4.90 Å². The van der Waals surface area contributed by atoms with Crippen LogP contribution >= 0.6 is 0 Å². The van der Waals surface area contributed by atoms with Gasteiger partial charge in [0.1, 0.15) is 12.2 Å². The zero-order valence-corrected chi connectivity index (χ0v) is 30.4. The van der Waals surface area contributed by atoms with Gasteiger partial charge < -0.3 is 28.6 Å². The number of hydrogen-bond acceptors (Lipinski definition) is 11. The normalized spacial score (nSPS) is 15.5. The van der Waals surface area contributed by atoms with E-state index in [2.05, 4.69) is 11.8 Å². The van der Waals surface area contributed by atoms with Gasteiger partial charge in [-0.3, -0.25) is 14.5 Å². The van der Waals surface area contributed by atoms with Crippen LogP contribution in [0, 0.1) is 0 Å². The quantitative estimate of drug-likeness (QED) is 0.118. The third-order valence-corrected chi connectivity index (χ3v) is 8.71. The molecule has 1 amide bonds. The Labute approximate surface area is 292 Å². The van der Waals surface area contributed by atoms with Crippen molar-refractivity contribution in [2.45, 2.75) is 85.7 Å². The standard InChI is InChI=1S/C35H42N6O7.C2H6/c1-7-8-9-13-40-20-36-24-11-10-12-25-28(24)30(40)22-17-41-26(29(22)37-25)16-21-23(32(41)43)19-46-33(44)31(21)47-27(42)18-38(5)14-15-39(6)34(45)48-35(2,3)4;1-2/h10-12,16,20,31H,7-9,13-15,17-19H2,1-6H3;1-2H3/t31-;/m0./s1. The van der Waals surface area contributed by atoms with Gasteiger partial charge in [0.2, 0.25) is 6.10 Å². The molecule has 0 unspecified atom stereocenters. The van der Waals surface area contributed by atoms with E-state index in [0.717, 1.165) is 53.6 Å². The number of anilines is 1. The molecule has 3 aromatic rings. The van der Waals surface area contributed by atoms with Crippen LogP contribution in [0.2, 0.25) is 0 Å². The molecule has 13 nitrogen and oxygen atoms in total. The molecule has 5 heterocycles. The number of aliphatic imine (C=N–C) groups is 1. The number of aromatic nitrogens is 2. The molecule has 1 atom stereocenters. The Bertz CT molecular complexity index is 1880. The first-order valence-electron chi connectivity index (χ1n) is 17.4. The summed E-state index contributed by atoms with van der Waals surface area (Å²) in [7, 11) is 3.32. The number of cyclic esters (lactones) is 1. The van der Waals surface area contributed by atoms with Crippen molar-refractivity contribution < 1.29 is 28.6 Å². The maximum absolute atomic E-state index is 14.0. The van der Waals surface area contributed by atoms with Crippen molar-refractivity contribution in [3.63, 3.8) is 0 Å². The second-order valence-electron chi connectivity index (χ2n) is 13.6. The summed E-state index contributed by atoms with van der Waals surface area (Å²) in [6.07, 6.45) is 3.16. The van der Waals surface area contributed by atoms with Crippen molar-refractivity contribution in [1.82, 2.24) is 19.4 Å². The highest BCUT2D eigenvalue weighted by Crippen LogP contribution is 2.46. The Morgan fingerprint density at radius 2 is 1.84 bits per heavy atom. The van der Waals surface area contributed by atoms with Crippen LogP contribution in [0.4, 0.5) is 16.2 Å². The number of carbonyl (C=O) groups is 3. The maximum atomic E-state index is 14.0. The molecule has 3 aliphatic heterocycles. The molecule has 0 aliphatic carbocycles. The van der Waals surface area contributed by atoms with Crippen LogP contribution in [0.5, 0.6) is 0 Å². The lowest BCUT2D eigenvalue weighted by atomic mass is 9.99. The predicted molar refractivity (Wildman–Crippen MR) is 192 cm³/mol. The van der Waals surface area contributed by atoms with E-state index in [9.17, 15) is 19.2 Å². The summed E-state index contributed by atoms with van der Waals surface area (Å²) in [5.74, 6) is -1.41. The molecule has 0 fully saturated rings. The smallest absolute Gasteiger partial charge is 0.410 e. The summed E-state index contributed by atoms with van der Waals surface area (Å²) in [6.45, 7) is 12.9. The lowest BCUT2D eigenvalue weighted by molar-refractivity contribution is -0.172. The van der Waals surface area contributed by atoms with E-state index in [4.69, 9.17) is 24.2 Å². The second-order valence-corrected chi connectivity index (χ2v) is 13.6. The average Bonchev–Trinajstić information content (AvgIpc) is 3.44. The molecule has 0 bridgehead atoms. The second kappa shape index (κ2) is 15.0. The summed E-state index contributed by atoms with van der Waals surface area (Å²) in [5.41, 5.74) is 4.37. The highest BCUT2D eigenvalue weighted by molar-refractivity contribution is 6.11. The van der Waals surface area contributed by atoms with Crippen LogP contribution in [0.1, 0.15) is 83.6 Å². The number of unbranched alkanes of at least 4 members (excludes halogenated alkanes) is 2. The lowest BCUT2D eigenvalue weighted by Crippen LogP contribution is -2.40. The van der Waals surface area contributed by atoms with Crippen LogP contribution in [0.3, 0.4) is 0 Å². The van der Waals surface area contributed by atoms with Crippen LogP contribution < -0.4 is 10.5 Å². The van der Waals surface area contributed by atoms with Crippen molar-refractivity contribution in [1.29, 1.82) is 0 Å². The fraction of sp³-hybridized carbons (Fsp3) is 0.514. The largest absolute Gasteiger partial charge is 0.458 e. The van der Waals surface area contributed by atoms with E-state index >= 15 is 0 Å². The molecular formula is C37H48N6O7. The lowest BCUT2D eigenvalue weighted by Gasteiger charge is -2.27. The van der Waals surface area contributed by atoms with E-state index in [-0.39, 0.29) is 24.3 Å². The molecule has 0 spiro atoms. The minimum Gasteiger partial charge on any atom is -0.458 e. The molecule has 0 N–H and O–H groups in total. The Hall–Kier alpha value is -4.78. The zero-order chi connectivity index (χ0) is 36.3. The zero-order valence-electron chi connectivity index (χ0n) is 30.4. The molecule has 50 heavy (non-hydrogen) atoms. The summed E-state index contributed by atoms with van der Waals surface area (Å²) < 4.78 is 18.1. The third kappa shape index (κ3) is 7.37. The van der Waals surface area contributed by atoms with Crippen LogP contribution in [-0.2, 0) is 37.0 Å². The van der Waals surface area contributed by atoms with Gasteiger partial charge in [-0.05, 0) is 52.4 Å². The van der Waals surface area contributed by atoms with Gasteiger partial charge in [-0.1, -0.05) is 39.7 Å². The van der Waals surface area contributed by atoms with E-state index in [0.29, 0.717) is 36.6 Å². The monoisotopic (exact) mass is 688 g/mol. The van der Waals surface area contributed by atoms with Gasteiger partial charge >= 0.3 is 18.0 Å². The number of rotatable bonds is 10. The van der Waals surface area contributed by atoms with E-state index in [1.807, 2.05) is 38.4 Å². The van der Waals surface area contributed by atoms with Crippen molar-refractivity contribution in [2.75, 3.05) is 45.2 Å². The fourth-order valence-electron chi connectivity index (χ4n) is 6.27. The SMILES string of the molecule is CC.CCCCCN1C=Nc2cccc3nc4c(c1c23)Cn1c-4cc2c(c1=O)COC(=O)[C@H]2OC(=O)CN(C)CCN(C)C(=O)OC(C)(C)C. The number of carbonyl (C=O) groups excluding carboxylic acids is 3. The Balaban J connectivity index is 0.00000239. The highest BCUT2D eigenvalue weighted by atomic mass is 16.6. The van der Waals surface area contributed by atoms with Crippen molar-refractivity contribution >= 4 is 46.6 Å². The summed E-state index contributed by atoms with van der Waals surface area (Å²) >= 11 is 0. The van der Waals surface area contributed by atoms with Crippen molar-refractivity contribution in [2.24, 2.45) is 4.99 Å². The number of benzene rings is 1. The first-order valence-corrected chi connectivity index (χ1v) is 17.4. The van der Waals surface area contributed by atoms with Crippen molar-refractivity contribution in [3.8, 4) is 11.4 Å². The van der Waals surface area contributed by atoms with E-state index < -0.39 is 29.7 Å². The average molecular weight is 689 g/mol. The van der Waals surface area contributed by atoms with E-state index in [1.54, 1.807) is 50.4 Å². The molecule has 268 valence electrons. The van der Waals surface area contributed by atoms with Gasteiger partial charge in [-0.15, -0.1) is 0 Å². The maximum Gasteiger partial charge on any atom is 0.410 e. The molecule has 0 saturated carbocycles. The third-order valence-electron chi connectivity index (χ3n) is 8.71. The Kier molecular flexibility index (Phi) is 10.9. The first-order chi connectivity index (χ1) is 23.9. The van der Waals surface area contributed by atoms with Gasteiger partial charge in [-0.25, -0.2) is 19.6 Å². The molecule has 0 saturated heterocycles. The minimum atomic E-state index is -1.40. The highest BCUT2D eigenvalue weighted by Gasteiger charge is 2.39. The van der Waals surface area contributed by atoms with Crippen LogP contribution in [0.15, 0.2) is 34.1 Å². The number of fused-ring (bicyclic) bond motifs is 5. The molecular weight excluding hydrogens is 640 g/mol. The number of likely N-dealkylation sites (N-methyl/N-ethyl adjacent to an activating group) is 2. The molecule has 3 aliphatic rings. The number of pyridine rings is 2. The first kappa shape index (κ1) is 36.5. The Morgan fingerprint density at radius 1 is 1.08 bits per heavy atom. The molecule has 13 heteroatoms. The molecule has 0 radical (unpaired) electrons. The van der Waals surface area contributed by atoms with Gasteiger partial charge in [0.25, 0.3) is 5.56 Å². The number of nitrogens with zero attached hydrogens (tertiary/aromatic N) is 6. The molecule has 1 aromatic carbocycles. The van der Waals surface area contributed by atoms with Crippen LogP contribution in [-0.4, -0.2) is 89.6 Å². The Morgan fingerprint density at radius 3 is 2.56 bits per heavy atom. The minimum absolute atomic E-state index is 0.150. The fourth-order valence-corrected chi connectivity index (χ4v) is 6.27. The number of ether oxygens (including phenoxy) is 3. The summed E-state index contributed by atoms with van der Waals surface area (Å²) in [5, 5.41) is 0.951. The topological polar surface area (TPSA) is 136 Å². The summed E-state index contributed by atoms with van der Waals surface area (Å²) in [6, 6.07) is 7.56. The number of amides is 1. The van der Waals surface area contributed by atoms with Crippen LogP contribution in [0.25, 0.3) is 22.3 Å². The predicted octanol–water partition coefficient (Wildman–Crippen LogP) is 5.56. The van der Waals surface area contributed by atoms with Gasteiger partial charge in [0, 0.05) is 37.8 Å². The van der Waals surface area contributed by atoms with Crippen molar-refractivity contribution in [3.05, 3.63) is 51.3 Å². The molecule has 6 rings (SSSR count). The van der Waals surface area contributed by atoms with Gasteiger partial charge in [0.05, 0.1) is 58.7 Å². The summed E-state index contributed by atoms with van der Waals surface area (Å²) in [4.78, 5) is 67.3. The van der Waals surface area contributed by atoms with Gasteiger partial charge in [0.15, 0.2) is 0 Å². The number of esters is 2. The van der Waals surface area contributed by atoms with Gasteiger partial charge in [-0.2, -0.15) is 0 Å². The number of hydrogen-bond donors (Lipinski definition) is 0. The molecule has 2 aromatic heterocycles.